The second kappa shape index (κ2) is 5.63. The summed E-state index contributed by atoms with van der Waals surface area (Å²) in [4.78, 5) is 0. The molecule has 0 radical (unpaired) electrons. The standard InChI is InChI=1S/C14H12ClF3N2/c15-11-6-3-7-12(19)13(11)20-8-9-4-1-2-5-10(9)14(16,17)18/h1-7,20H,8,19H2. The number of rotatable bonds is 3. The van der Waals surface area contributed by atoms with Gasteiger partial charge < -0.3 is 11.1 Å². The molecule has 6 heteroatoms. The summed E-state index contributed by atoms with van der Waals surface area (Å²) in [6.07, 6.45) is -4.38. The highest BCUT2D eigenvalue weighted by Gasteiger charge is 2.32. The third kappa shape index (κ3) is 3.17. The van der Waals surface area contributed by atoms with Crippen LogP contribution >= 0.6 is 11.6 Å². The van der Waals surface area contributed by atoms with Crippen LogP contribution in [-0.2, 0) is 12.7 Å². The average molecular weight is 301 g/mol. The largest absolute Gasteiger partial charge is 0.416 e. The zero-order valence-corrected chi connectivity index (χ0v) is 11.1. The molecule has 2 rings (SSSR count). The zero-order chi connectivity index (χ0) is 14.8. The predicted molar refractivity (Wildman–Crippen MR) is 74.6 cm³/mol. The molecule has 0 fully saturated rings. The Labute approximate surface area is 119 Å². The van der Waals surface area contributed by atoms with Crippen molar-refractivity contribution in [3.63, 3.8) is 0 Å². The van der Waals surface area contributed by atoms with Gasteiger partial charge in [0.25, 0.3) is 0 Å². The topological polar surface area (TPSA) is 38.0 Å². The van der Waals surface area contributed by atoms with Crippen LogP contribution in [-0.4, -0.2) is 0 Å². The fourth-order valence-corrected chi connectivity index (χ4v) is 2.11. The van der Waals surface area contributed by atoms with Gasteiger partial charge in [-0.2, -0.15) is 13.2 Å². The molecule has 0 aromatic heterocycles. The van der Waals surface area contributed by atoms with E-state index in [1.807, 2.05) is 0 Å². The van der Waals surface area contributed by atoms with Gasteiger partial charge in [-0.3, -0.25) is 0 Å². The lowest BCUT2D eigenvalue weighted by Gasteiger charge is -2.15. The summed E-state index contributed by atoms with van der Waals surface area (Å²) in [5.74, 6) is 0. The van der Waals surface area contributed by atoms with Crippen molar-refractivity contribution in [2.45, 2.75) is 12.7 Å². The van der Waals surface area contributed by atoms with Gasteiger partial charge in [0.05, 0.1) is 22.0 Å². The Bertz CT molecular complexity index is 591. The van der Waals surface area contributed by atoms with Gasteiger partial charge in [0, 0.05) is 6.54 Å². The summed E-state index contributed by atoms with van der Waals surface area (Å²) >= 11 is 5.96. The van der Waals surface area contributed by atoms with Crippen molar-refractivity contribution in [2.75, 3.05) is 11.1 Å². The second-order valence-corrected chi connectivity index (χ2v) is 4.62. The molecule has 0 spiro atoms. The summed E-state index contributed by atoms with van der Waals surface area (Å²) in [7, 11) is 0. The van der Waals surface area contributed by atoms with Crippen LogP contribution in [0.15, 0.2) is 42.5 Å². The molecule has 0 saturated carbocycles. The number of hydrogen-bond acceptors (Lipinski definition) is 2. The predicted octanol–water partition coefficient (Wildman–Crippen LogP) is 4.55. The van der Waals surface area contributed by atoms with Crippen molar-refractivity contribution >= 4 is 23.0 Å². The normalized spacial score (nSPS) is 11.4. The number of nitrogens with two attached hydrogens (primary N) is 1. The highest BCUT2D eigenvalue weighted by atomic mass is 35.5. The maximum Gasteiger partial charge on any atom is 0.416 e. The van der Waals surface area contributed by atoms with E-state index >= 15 is 0 Å². The van der Waals surface area contributed by atoms with E-state index in [2.05, 4.69) is 5.32 Å². The van der Waals surface area contributed by atoms with Crippen LogP contribution in [0.2, 0.25) is 5.02 Å². The molecule has 106 valence electrons. The SMILES string of the molecule is Nc1cccc(Cl)c1NCc1ccccc1C(F)(F)F. The molecule has 0 heterocycles. The van der Waals surface area contributed by atoms with Crippen LogP contribution in [0.4, 0.5) is 24.5 Å². The lowest BCUT2D eigenvalue weighted by molar-refractivity contribution is -0.138. The molecule has 3 N–H and O–H groups in total. The lowest BCUT2D eigenvalue weighted by Crippen LogP contribution is -2.12. The number of halogens is 4. The Hall–Kier alpha value is -1.88. The molecular formula is C14H12ClF3N2. The first-order valence-corrected chi connectivity index (χ1v) is 6.20. The molecule has 2 aromatic rings. The molecule has 2 nitrogen and oxygen atoms in total. The second-order valence-electron chi connectivity index (χ2n) is 4.21. The average Bonchev–Trinajstić information content (AvgIpc) is 2.37. The van der Waals surface area contributed by atoms with Crippen molar-refractivity contribution in [1.82, 2.24) is 0 Å². The van der Waals surface area contributed by atoms with Gasteiger partial charge in [-0.1, -0.05) is 35.9 Å². The maximum atomic E-state index is 12.9. The van der Waals surface area contributed by atoms with Gasteiger partial charge in [0.15, 0.2) is 0 Å². The van der Waals surface area contributed by atoms with Crippen molar-refractivity contribution in [3.8, 4) is 0 Å². The van der Waals surface area contributed by atoms with E-state index in [-0.39, 0.29) is 12.1 Å². The summed E-state index contributed by atoms with van der Waals surface area (Å²) in [6, 6.07) is 10.3. The fraction of sp³-hybridized carbons (Fsp3) is 0.143. The number of benzene rings is 2. The van der Waals surface area contributed by atoms with Gasteiger partial charge in [-0.25, -0.2) is 0 Å². The number of nitrogen functional groups attached to an aromatic ring is 1. The van der Waals surface area contributed by atoms with E-state index in [1.165, 1.54) is 12.1 Å². The molecule has 2 aromatic carbocycles. The smallest absolute Gasteiger partial charge is 0.397 e. The molecule has 0 amide bonds. The summed E-state index contributed by atoms with van der Waals surface area (Å²) in [6.45, 7) is -0.0103. The first-order valence-electron chi connectivity index (χ1n) is 5.82. The number of hydrogen-bond donors (Lipinski definition) is 2. The van der Waals surface area contributed by atoms with Gasteiger partial charge in [0.1, 0.15) is 0 Å². The lowest BCUT2D eigenvalue weighted by atomic mass is 10.1. The van der Waals surface area contributed by atoms with Crippen LogP contribution in [0.3, 0.4) is 0 Å². The van der Waals surface area contributed by atoms with Crippen LogP contribution < -0.4 is 11.1 Å². The van der Waals surface area contributed by atoms with E-state index in [0.29, 0.717) is 16.4 Å². The number of para-hydroxylation sites is 1. The first kappa shape index (κ1) is 14.5. The van der Waals surface area contributed by atoms with Gasteiger partial charge in [-0.15, -0.1) is 0 Å². The molecule has 0 aliphatic heterocycles. The van der Waals surface area contributed by atoms with E-state index in [0.717, 1.165) is 6.07 Å². The Morgan fingerprint density at radius 3 is 2.40 bits per heavy atom. The Balaban J connectivity index is 2.24. The monoisotopic (exact) mass is 300 g/mol. The van der Waals surface area contributed by atoms with Gasteiger partial charge >= 0.3 is 6.18 Å². The Morgan fingerprint density at radius 2 is 1.75 bits per heavy atom. The fourth-order valence-electron chi connectivity index (χ4n) is 1.86. The highest BCUT2D eigenvalue weighted by Crippen LogP contribution is 2.33. The maximum absolute atomic E-state index is 12.9. The van der Waals surface area contributed by atoms with Crippen LogP contribution in [0.5, 0.6) is 0 Å². The minimum absolute atomic E-state index is 0.0103. The van der Waals surface area contributed by atoms with Crippen molar-refractivity contribution < 1.29 is 13.2 Å². The Kier molecular flexibility index (Phi) is 4.09. The van der Waals surface area contributed by atoms with Crippen LogP contribution in [0, 0.1) is 0 Å². The van der Waals surface area contributed by atoms with Crippen LogP contribution in [0.25, 0.3) is 0 Å². The number of anilines is 2. The third-order valence-electron chi connectivity index (χ3n) is 2.82. The zero-order valence-electron chi connectivity index (χ0n) is 10.3. The molecule has 20 heavy (non-hydrogen) atoms. The molecule has 0 aliphatic carbocycles. The minimum Gasteiger partial charge on any atom is -0.397 e. The molecular weight excluding hydrogens is 289 g/mol. The van der Waals surface area contributed by atoms with Gasteiger partial charge in [-0.05, 0) is 23.8 Å². The minimum atomic E-state index is -4.38. The van der Waals surface area contributed by atoms with Crippen molar-refractivity contribution in [3.05, 3.63) is 58.6 Å². The number of alkyl halides is 3. The van der Waals surface area contributed by atoms with E-state index < -0.39 is 11.7 Å². The third-order valence-corrected chi connectivity index (χ3v) is 3.14. The summed E-state index contributed by atoms with van der Waals surface area (Å²) < 4.78 is 38.6. The van der Waals surface area contributed by atoms with E-state index in [1.54, 1.807) is 24.3 Å². The Morgan fingerprint density at radius 1 is 1.05 bits per heavy atom. The van der Waals surface area contributed by atoms with Crippen LogP contribution in [0.1, 0.15) is 11.1 Å². The van der Waals surface area contributed by atoms with Gasteiger partial charge in [0.2, 0.25) is 0 Å². The first-order chi connectivity index (χ1) is 9.39. The van der Waals surface area contributed by atoms with Crippen molar-refractivity contribution in [1.29, 1.82) is 0 Å². The quantitative estimate of drug-likeness (QED) is 0.816. The van der Waals surface area contributed by atoms with E-state index in [9.17, 15) is 13.2 Å². The molecule has 0 bridgehead atoms. The highest BCUT2D eigenvalue weighted by molar-refractivity contribution is 6.33. The van der Waals surface area contributed by atoms with E-state index in [4.69, 9.17) is 17.3 Å². The molecule has 0 atom stereocenters. The summed E-state index contributed by atoms with van der Waals surface area (Å²) in [5, 5.41) is 3.22. The molecule has 0 unspecified atom stereocenters. The number of nitrogens with one attached hydrogen (secondary N) is 1. The summed E-state index contributed by atoms with van der Waals surface area (Å²) in [5.41, 5.74) is 6.04. The molecule has 0 saturated heterocycles. The molecule has 0 aliphatic rings. The van der Waals surface area contributed by atoms with Crippen molar-refractivity contribution in [2.24, 2.45) is 0 Å².